The molecule has 7 heteroatoms. The molecule has 0 N–H and O–H groups in total. The molecule has 5 rings (SSSR count). The Hall–Kier alpha value is -3.45. The summed E-state index contributed by atoms with van der Waals surface area (Å²) in [4.78, 5) is 34.7. The van der Waals surface area contributed by atoms with Gasteiger partial charge in [0.1, 0.15) is 17.9 Å². The first-order chi connectivity index (χ1) is 15.7. The van der Waals surface area contributed by atoms with Gasteiger partial charge < -0.3 is 19.3 Å². The molecule has 0 spiro atoms. The van der Waals surface area contributed by atoms with Crippen molar-refractivity contribution in [1.29, 1.82) is 0 Å². The van der Waals surface area contributed by atoms with Gasteiger partial charge in [0.2, 0.25) is 5.91 Å². The first-order valence-corrected chi connectivity index (χ1v) is 10.9. The van der Waals surface area contributed by atoms with Crippen molar-refractivity contribution in [1.82, 2.24) is 14.8 Å². The average molecular weight is 431 g/mol. The van der Waals surface area contributed by atoms with Crippen molar-refractivity contribution < 1.29 is 19.1 Å². The SMILES string of the molecule is O=C([C@@H]1C[C@H](Oc2ccccc2)CN1C(=O)c1ccc2ncccc2c1)N1CCOCC1. The predicted octanol–water partition coefficient (Wildman–Crippen LogP) is 2.76. The maximum atomic E-state index is 13.5. The Morgan fingerprint density at radius 3 is 2.62 bits per heavy atom. The van der Waals surface area contributed by atoms with Gasteiger partial charge in [-0.25, -0.2) is 0 Å². The van der Waals surface area contributed by atoms with E-state index in [-0.39, 0.29) is 17.9 Å². The summed E-state index contributed by atoms with van der Waals surface area (Å²) in [6.07, 6.45) is 1.94. The smallest absolute Gasteiger partial charge is 0.254 e. The van der Waals surface area contributed by atoms with Gasteiger partial charge >= 0.3 is 0 Å². The van der Waals surface area contributed by atoms with Crippen LogP contribution in [0.5, 0.6) is 5.75 Å². The maximum Gasteiger partial charge on any atom is 0.254 e. The zero-order valence-corrected chi connectivity index (χ0v) is 17.7. The van der Waals surface area contributed by atoms with Crippen LogP contribution in [0.1, 0.15) is 16.8 Å². The van der Waals surface area contributed by atoms with Gasteiger partial charge in [0.25, 0.3) is 5.91 Å². The van der Waals surface area contributed by atoms with E-state index in [4.69, 9.17) is 9.47 Å². The van der Waals surface area contributed by atoms with Gasteiger partial charge in [-0.2, -0.15) is 0 Å². The number of amides is 2. The third-order valence-electron chi connectivity index (χ3n) is 6.03. The Balaban J connectivity index is 1.41. The van der Waals surface area contributed by atoms with Crippen LogP contribution in [0.2, 0.25) is 0 Å². The van der Waals surface area contributed by atoms with Crippen LogP contribution >= 0.6 is 0 Å². The second-order valence-corrected chi connectivity index (χ2v) is 8.11. The highest BCUT2D eigenvalue weighted by Gasteiger charge is 2.43. The summed E-state index contributed by atoms with van der Waals surface area (Å²) in [5, 5.41) is 0.894. The lowest BCUT2D eigenvalue weighted by Crippen LogP contribution is -2.51. The van der Waals surface area contributed by atoms with Gasteiger partial charge in [-0.3, -0.25) is 14.6 Å². The van der Waals surface area contributed by atoms with Gasteiger partial charge in [0.05, 0.1) is 25.3 Å². The third kappa shape index (κ3) is 4.16. The summed E-state index contributed by atoms with van der Waals surface area (Å²) in [5.74, 6) is 0.533. The van der Waals surface area contributed by atoms with E-state index in [1.54, 1.807) is 22.1 Å². The number of ether oxygens (including phenoxy) is 2. The van der Waals surface area contributed by atoms with Gasteiger partial charge in [-0.05, 0) is 36.4 Å². The molecule has 2 amide bonds. The number of rotatable bonds is 4. The van der Waals surface area contributed by atoms with Gasteiger partial charge in [-0.1, -0.05) is 24.3 Å². The van der Waals surface area contributed by atoms with Gasteiger partial charge in [0, 0.05) is 36.7 Å². The zero-order chi connectivity index (χ0) is 21.9. The zero-order valence-electron chi connectivity index (χ0n) is 17.7. The van der Waals surface area contributed by atoms with Crippen LogP contribution in [-0.2, 0) is 9.53 Å². The van der Waals surface area contributed by atoms with Crippen molar-refractivity contribution in [3.8, 4) is 5.75 Å². The summed E-state index contributed by atoms with van der Waals surface area (Å²) in [7, 11) is 0. The molecule has 2 aliphatic rings. The fraction of sp³-hybridized carbons (Fsp3) is 0.320. The van der Waals surface area contributed by atoms with E-state index < -0.39 is 6.04 Å². The Bertz CT molecular complexity index is 1110. The molecule has 32 heavy (non-hydrogen) atoms. The van der Waals surface area contributed by atoms with Crippen LogP contribution in [0.15, 0.2) is 66.9 Å². The van der Waals surface area contributed by atoms with Crippen LogP contribution in [0.25, 0.3) is 10.9 Å². The lowest BCUT2D eigenvalue weighted by Gasteiger charge is -2.32. The number of morpholine rings is 1. The summed E-state index contributed by atoms with van der Waals surface area (Å²) in [6.45, 7) is 2.49. The van der Waals surface area contributed by atoms with Crippen LogP contribution in [0.3, 0.4) is 0 Å². The molecular weight excluding hydrogens is 406 g/mol. The molecule has 3 heterocycles. The highest BCUT2D eigenvalue weighted by Crippen LogP contribution is 2.27. The van der Waals surface area contributed by atoms with E-state index in [0.717, 1.165) is 16.7 Å². The molecule has 3 aromatic rings. The monoisotopic (exact) mass is 431 g/mol. The molecule has 2 aliphatic heterocycles. The first kappa shape index (κ1) is 20.5. The number of aromatic nitrogens is 1. The molecule has 2 fully saturated rings. The molecule has 2 aromatic carbocycles. The van der Waals surface area contributed by atoms with E-state index >= 15 is 0 Å². The minimum absolute atomic E-state index is 0.0386. The van der Waals surface area contributed by atoms with E-state index in [1.165, 1.54) is 0 Å². The Morgan fingerprint density at radius 2 is 1.81 bits per heavy atom. The quantitative estimate of drug-likeness (QED) is 0.635. The maximum absolute atomic E-state index is 13.5. The summed E-state index contributed by atoms with van der Waals surface area (Å²) >= 11 is 0. The normalized spacial score (nSPS) is 21.0. The molecular formula is C25H25N3O4. The molecule has 0 unspecified atom stereocenters. The number of fused-ring (bicyclic) bond motifs is 1. The second-order valence-electron chi connectivity index (χ2n) is 8.11. The number of para-hydroxylation sites is 1. The molecule has 0 radical (unpaired) electrons. The van der Waals surface area contributed by atoms with Gasteiger partial charge in [0.15, 0.2) is 0 Å². The number of hydrogen-bond acceptors (Lipinski definition) is 5. The fourth-order valence-corrected chi connectivity index (χ4v) is 4.40. The number of likely N-dealkylation sites (tertiary alicyclic amines) is 1. The highest BCUT2D eigenvalue weighted by atomic mass is 16.5. The van der Waals surface area contributed by atoms with E-state index in [0.29, 0.717) is 44.8 Å². The van der Waals surface area contributed by atoms with Crippen molar-refractivity contribution in [2.75, 3.05) is 32.8 Å². The van der Waals surface area contributed by atoms with Crippen LogP contribution < -0.4 is 4.74 Å². The number of carbonyl (C=O) groups is 2. The van der Waals surface area contributed by atoms with Crippen LogP contribution in [-0.4, -0.2) is 71.6 Å². The highest BCUT2D eigenvalue weighted by molar-refractivity contribution is 6.00. The Labute approximate surface area is 186 Å². The molecule has 2 saturated heterocycles. The average Bonchev–Trinajstić information content (AvgIpc) is 3.27. The second kappa shape index (κ2) is 8.96. The summed E-state index contributed by atoms with van der Waals surface area (Å²) < 4.78 is 11.5. The predicted molar refractivity (Wildman–Crippen MR) is 119 cm³/mol. The molecule has 2 atom stereocenters. The molecule has 1 aromatic heterocycles. The van der Waals surface area contributed by atoms with Crippen molar-refractivity contribution in [2.45, 2.75) is 18.6 Å². The van der Waals surface area contributed by atoms with Crippen molar-refractivity contribution in [3.63, 3.8) is 0 Å². The number of carbonyl (C=O) groups excluding carboxylic acids is 2. The topological polar surface area (TPSA) is 72.0 Å². The van der Waals surface area contributed by atoms with E-state index in [2.05, 4.69) is 4.98 Å². The Kier molecular flexibility index (Phi) is 5.73. The molecule has 164 valence electrons. The van der Waals surface area contributed by atoms with Crippen molar-refractivity contribution >= 4 is 22.7 Å². The first-order valence-electron chi connectivity index (χ1n) is 10.9. The van der Waals surface area contributed by atoms with E-state index in [9.17, 15) is 9.59 Å². The van der Waals surface area contributed by atoms with E-state index in [1.807, 2.05) is 54.6 Å². The largest absolute Gasteiger partial charge is 0.488 e. The standard InChI is InChI=1S/C25H25N3O4/c29-24(19-8-9-22-18(15-19)5-4-10-26-22)28-17-21(32-20-6-2-1-3-7-20)16-23(28)25(30)27-11-13-31-14-12-27/h1-10,15,21,23H,11-14,16-17H2/t21-,23-/m0/s1. The lowest BCUT2D eigenvalue weighted by atomic mass is 10.1. The summed E-state index contributed by atoms with van der Waals surface area (Å²) in [5.41, 5.74) is 1.38. The van der Waals surface area contributed by atoms with Crippen LogP contribution in [0.4, 0.5) is 0 Å². The lowest BCUT2D eigenvalue weighted by molar-refractivity contribution is -0.139. The Morgan fingerprint density at radius 1 is 1.00 bits per heavy atom. The molecule has 0 saturated carbocycles. The third-order valence-corrected chi connectivity index (χ3v) is 6.03. The van der Waals surface area contributed by atoms with Crippen molar-refractivity contribution in [2.24, 2.45) is 0 Å². The number of nitrogens with zero attached hydrogens (tertiary/aromatic N) is 3. The minimum Gasteiger partial charge on any atom is -0.488 e. The number of benzene rings is 2. The number of hydrogen-bond donors (Lipinski definition) is 0. The number of pyridine rings is 1. The van der Waals surface area contributed by atoms with Crippen molar-refractivity contribution in [3.05, 3.63) is 72.4 Å². The minimum atomic E-state index is -0.557. The van der Waals surface area contributed by atoms with Crippen LogP contribution in [0, 0.1) is 0 Å². The molecule has 0 aliphatic carbocycles. The fourth-order valence-electron chi connectivity index (χ4n) is 4.40. The van der Waals surface area contributed by atoms with Gasteiger partial charge in [-0.15, -0.1) is 0 Å². The molecule has 0 bridgehead atoms. The summed E-state index contributed by atoms with van der Waals surface area (Å²) in [6, 6.07) is 18.2. The molecule has 7 nitrogen and oxygen atoms in total.